The van der Waals surface area contributed by atoms with Gasteiger partial charge in [0.25, 0.3) is 0 Å². The van der Waals surface area contributed by atoms with Crippen LogP contribution in [-0.4, -0.2) is 52.0 Å². The number of likely N-dealkylation sites (tertiary alicyclic amines) is 1. The fourth-order valence-corrected chi connectivity index (χ4v) is 3.63. The van der Waals surface area contributed by atoms with E-state index in [1.54, 1.807) is 0 Å². The first-order valence-electron chi connectivity index (χ1n) is 9.62. The topological polar surface area (TPSA) is 87.3 Å². The summed E-state index contributed by atoms with van der Waals surface area (Å²) >= 11 is 0. The highest BCUT2D eigenvalue weighted by Gasteiger charge is 2.31. The number of nitrogen functional groups attached to an aromatic ring is 1. The zero-order chi connectivity index (χ0) is 21.2. The summed E-state index contributed by atoms with van der Waals surface area (Å²) in [5.74, 6) is 0.611. The molecule has 1 aromatic heterocycles. The number of alkyl halides is 3. The fraction of sp³-hybridized carbons (Fsp3) is 0.500. The first-order chi connectivity index (χ1) is 13.7. The number of anilines is 2. The van der Waals surface area contributed by atoms with E-state index in [9.17, 15) is 18.3 Å². The minimum Gasteiger partial charge on any atom is -0.398 e. The van der Waals surface area contributed by atoms with E-state index in [4.69, 9.17) is 5.73 Å². The van der Waals surface area contributed by atoms with Gasteiger partial charge in [-0.15, -0.1) is 10.2 Å². The Hall–Kier alpha value is -2.39. The largest absolute Gasteiger partial charge is 0.416 e. The molecule has 2 heterocycles. The van der Waals surface area contributed by atoms with E-state index >= 15 is 0 Å². The highest BCUT2D eigenvalue weighted by molar-refractivity contribution is 5.76. The van der Waals surface area contributed by atoms with Crippen LogP contribution in [0.15, 0.2) is 24.3 Å². The minimum atomic E-state index is -4.44. The summed E-state index contributed by atoms with van der Waals surface area (Å²) < 4.78 is 38.5. The number of aromatic nitrogens is 2. The Kier molecular flexibility index (Phi) is 6.28. The summed E-state index contributed by atoms with van der Waals surface area (Å²) in [6.45, 7) is 5.70. The number of nitrogens with two attached hydrogens (primary N) is 1. The molecule has 9 heteroatoms. The average molecular weight is 409 g/mol. The van der Waals surface area contributed by atoms with Gasteiger partial charge in [-0.2, -0.15) is 13.2 Å². The van der Waals surface area contributed by atoms with Crippen LogP contribution in [0.1, 0.15) is 30.9 Å². The monoisotopic (exact) mass is 409 g/mol. The van der Waals surface area contributed by atoms with E-state index in [1.165, 1.54) is 6.07 Å². The second-order valence-corrected chi connectivity index (χ2v) is 7.57. The van der Waals surface area contributed by atoms with E-state index in [1.807, 2.05) is 19.9 Å². The molecule has 6 nitrogen and oxygen atoms in total. The first-order valence-corrected chi connectivity index (χ1v) is 9.62. The molecule has 1 saturated heterocycles. The molecule has 0 spiro atoms. The number of aliphatic hydroxyl groups excluding tert-OH is 1. The van der Waals surface area contributed by atoms with Crippen LogP contribution < -0.4 is 11.1 Å². The summed E-state index contributed by atoms with van der Waals surface area (Å²) in [6.07, 6.45) is -2.43. The lowest BCUT2D eigenvalue weighted by Gasteiger charge is -2.36. The van der Waals surface area contributed by atoms with E-state index in [0.717, 1.165) is 43.6 Å². The van der Waals surface area contributed by atoms with Gasteiger partial charge in [0.2, 0.25) is 0 Å². The molecule has 0 saturated carbocycles. The molecule has 158 valence electrons. The van der Waals surface area contributed by atoms with E-state index < -0.39 is 11.7 Å². The van der Waals surface area contributed by atoms with Crippen molar-refractivity contribution in [2.24, 2.45) is 0 Å². The fourth-order valence-electron chi connectivity index (χ4n) is 3.63. The smallest absolute Gasteiger partial charge is 0.398 e. The van der Waals surface area contributed by atoms with Gasteiger partial charge >= 0.3 is 6.18 Å². The highest BCUT2D eigenvalue weighted by atomic mass is 19.4. The molecule has 1 aromatic carbocycles. The number of halogens is 3. The van der Waals surface area contributed by atoms with E-state index in [-0.39, 0.29) is 24.4 Å². The van der Waals surface area contributed by atoms with Crippen molar-refractivity contribution in [2.45, 2.75) is 44.9 Å². The second-order valence-electron chi connectivity index (χ2n) is 7.57. The maximum atomic E-state index is 12.8. The molecule has 29 heavy (non-hydrogen) atoms. The van der Waals surface area contributed by atoms with Crippen molar-refractivity contribution in [3.63, 3.8) is 0 Å². The molecule has 1 aliphatic heterocycles. The molecule has 1 aliphatic rings. The molecule has 0 aliphatic carbocycles. The Morgan fingerprint density at radius 1 is 1.31 bits per heavy atom. The van der Waals surface area contributed by atoms with Gasteiger partial charge in [-0.3, -0.25) is 4.90 Å². The van der Waals surface area contributed by atoms with Crippen LogP contribution in [0.25, 0.3) is 11.3 Å². The maximum Gasteiger partial charge on any atom is 0.416 e. The van der Waals surface area contributed by atoms with Gasteiger partial charge in [-0.1, -0.05) is 6.07 Å². The number of aryl methyl sites for hydroxylation is 1. The predicted molar refractivity (Wildman–Crippen MR) is 106 cm³/mol. The van der Waals surface area contributed by atoms with Crippen LogP contribution in [0.4, 0.5) is 24.7 Å². The molecule has 3 rings (SSSR count). The van der Waals surface area contributed by atoms with Crippen molar-refractivity contribution in [2.75, 3.05) is 30.7 Å². The third-order valence-electron chi connectivity index (χ3n) is 5.31. The third-order valence-corrected chi connectivity index (χ3v) is 5.31. The molecule has 0 radical (unpaired) electrons. The van der Waals surface area contributed by atoms with Crippen molar-refractivity contribution in [1.82, 2.24) is 15.1 Å². The van der Waals surface area contributed by atoms with Crippen molar-refractivity contribution in [3.05, 3.63) is 35.4 Å². The van der Waals surface area contributed by atoms with Crippen LogP contribution in [0.3, 0.4) is 0 Å². The lowest BCUT2D eigenvalue weighted by molar-refractivity contribution is -0.137. The summed E-state index contributed by atoms with van der Waals surface area (Å²) in [4.78, 5) is 2.23. The van der Waals surface area contributed by atoms with Crippen molar-refractivity contribution in [3.8, 4) is 11.3 Å². The average Bonchev–Trinajstić information content (AvgIpc) is 2.67. The lowest BCUT2D eigenvalue weighted by atomic mass is 10.0. The summed E-state index contributed by atoms with van der Waals surface area (Å²) in [5.41, 5.74) is 6.73. The molecule has 1 unspecified atom stereocenters. The zero-order valence-electron chi connectivity index (χ0n) is 16.5. The predicted octanol–water partition coefficient (Wildman–Crippen LogP) is 3.31. The molecule has 4 N–H and O–H groups in total. The first kappa shape index (κ1) is 21.3. The Morgan fingerprint density at radius 2 is 2.07 bits per heavy atom. The number of piperidine rings is 1. The van der Waals surface area contributed by atoms with Crippen molar-refractivity contribution < 1.29 is 18.3 Å². The van der Waals surface area contributed by atoms with Crippen LogP contribution >= 0.6 is 0 Å². The SMILES string of the molecule is Cc1cc(N[C@@H]2CCCN(C(C)CO)C2)nnc1-c1ccc(C(F)(F)F)cc1N. The van der Waals surface area contributed by atoms with Crippen LogP contribution in [-0.2, 0) is 6.18 Å². The number of aliphatic hydroxyl groups is 1. The van der Waals surface area contributed by atoms with Gasteiger partial charge in [0.1, 0.15) is 5.82 Å². The molecule has 2 atom stereocenters. The summed E-state index contributed by atoms with van der Waals surface area (Å²) in [6, 6.07) is 5.37. The Bertz CT molecular complexity index is 858. The van der Waals surface area contributed by atoms with Gasteiger partial charge < -0.3 is 16.2 Å². The highest BCUT2D eigenvalue weighted by Crippen LogP contribution is 2.35. The Balaban J connectivity index is 1.75. The van der Waals surface area contributed by atoms with E-state index in [2.05, 4.69) is 20.4 Å². The molecule has 1 fully saturated rings. The van der Waals surface area contributed by atoms with Crippen LogP contribution in [0.5, 0.6) is 0 Å². The van der Waals surface area contributed by atoms with Gasteiger partial charge in [-0.25, -0.2) is 0 Å². The third kappa shape index (κ3) is 4.97. The maximum absolute atomic E-state index is 12.8. The Morgan fingerprint density at radius 3 is 2.69 bits per heavy atom. The molecule has 2 aromatic rings. The standard InChI is InChI=1S/C20H26F3N5O/c1-12-8-18(25-15-4-3-7-28(10-15)13(2)11-29)26-27-19(12)16-6-5-14(9-17(16)24)20(21,22)23/h5-6,8-9,13,15,29H,3-4,7,10-11,24H2,1-2H3,(H,25,26)/t13?,15-/m1/s1. The second kappa shape index (κ2) is 8.54. The minimum absolute atomic E-state index is 0.0128. The normalized spacial score (nSPS) is 19.2. The van der Waals surface area contributed by atoms with E-state index in [0.29, 0.717) is 17.1 Å². The number of hydrogen-bond donors (Lipinski definition) is 3. The quantitative estimate of drug-likeness (QED) is 0.657. The van der Waals surface area contributed by atoms with Crippen LogP contribution in [0.2, 0.25) is 0 Å². The molecule has 0 amide bonds. The van der Waals surface area contributed by atoms with Crippen molar-refractivity contribution >= 4 is 11.5 Å². The summed E-state index contributed by atoms with van der Waals surface area (Å²) in [7, 11) is 0. The lowest BCUT2D eigenvalue weighted by Crippen LogP contribution is -2.47. The number of benzene rings is 1. The van der Waals surface area contributed by atoms with Gasteiger partial charge in [0.15, 0.2) is 0 Å². The van der Waals surface area contributed by atoms with Crippen molar-refractivity contribution in [1.29, 1.82) is 0 Å². The molecular formula is C20H26F3N5O. The van der Waals surface area contributed by atoms with Gasteiger partial charge in [0.05, 0.1) is 17.9 Å². The summed E-state index contributed by atoms with van der Waals surface area (Å²) in [5, 5.41) is 21.2. The number of nitrogens with one attached hydrogen (secondary N) is 1. The Labute approximate surface area is 167 Å². The zero-order valence-corrected chi connectivity index (χ0v) is 16.5. The van der Waals surface area contributed by atoms with Gasteiger partial charge in [-0.05, 0) is 57.0 Å². The number of rotatable bonds is 5. The van der Waals surface area contributed by atoms with Crippen LogP contribution in [0, 0.1) is 6.92 Å². The number of hydrogen-bond acceptors (Lipinski definition) is 6. The molecule has 0 bridgehead atoms. The molecular weight excluding hydrogens is 383 g/mol. The van der Waals surface area contributed by atoms with Gasteiger partial charge in [0, 0.05) is 29.9 Å². The number of nitrogens with zero attached hydrogens (tertiary/aromatic N) is 3.